The van der Waals surface area contributed by atoms with Crippen LogP contribution < -0.4 is 5.32 Å². The summed E-state index contributed by atoms with van der Waals surface area (Å²) in [4.78, 5) is 10.5. The van der Waals surface area contributed by atoms with Gasteiger partial charge in [-0.15, -0.1) is 0 Å². The van der Waals surface area contributed by atoms with Crippen LogP contribution >= 0.6 is 0 Å². The molecule has 0 amide bonds. The molecule has 0 rings (SSSR count). The molecule has 2 N–H and O–H groups in total. The molecule has 0 heterocycles. The quantitative estimate of drug-likeness (QED) is 0.422. The molecule has 0 aromatic carbocycles. The van der Waals surface area contributed by atoms with Crippen LogP contribution in [0.5, 0.6) is 0 Å². The Bertz CT molecular complexity index is 114. The second kappa shape index (κ2) is 6.12. The van der Waals surface area contributed by atoms with Crippen molar-refractivity contribution in [2.45, 2.75) is 19.4 Å². The van der Waals surface area contributed by atoms with Gasteiger partial charge in [-0.2, -0.15) is 0 Å². The highest BCUT2D eigenvalue weighted by molar-refractivity contribution is 5.71. The van der Waals surface area contributed by atoms with Gasteiger partial charge in [-0.3, -0.25) is 4.79 Å². The first-order valence-electron chi connectivity index (χ1n) is 3.62. The largest absolute Gasteiger partial charge is 0.468 e. The smallest absolute Gasteiger partial charge is 0.319 e. The Kier molecular flexibility index (Phi) is 5.78. The molecule has 0 aliphatic heterocycles. The van der Waals surface area contributed by atoms with Crippen LogP contribution in [0.2, 0.25) is 0 Å². The number of nitrogens with one attached hydrogen (secondary N) is 1. The lowest BCUT2D eigenvalue weighted by Crippen LogP contribution is -2.26. The molecule has 4 nitrogen and oxygen atoms in total. The van der Waals surface area contributed by atoms with Crippen molar-refractivity contribution in [3.63, 3.8) is 0 Å². The first kappa shape index (κ1) is 10.4. The molecule has 1 atom stereocenters. The number of rotatable bonds is 5. The van der Waals surface area contributed by atoms with Crippen molar-refractivity contribution in [2.75, 3.05) is 20.2 Å². The molecule has 0 aromatic rings. The second-order valence-corrected chi connectivity index (χ2v) is 2.39. The van der Waals surface area contributed by atoms with E-state index < -0.39 is 0 Å². The van der Waals surface area contributed by atoms with Gasteiger partial charge < -0.3 is 15.2 Å². The summed E-state index contributed by atoms with van der Waals surface area (Å²) in [5.74, 6) is -0.282. The Morgan fingerprint density at radius 2 is 2.36 bits per heavy atom. The minimum atomic E-state index is -0.319. The number of methoxy groups -OCH3 is 1. The Hall–Kier alpha value is -0.610. The van der Waals surface area contributed by atoms with Crippen LogP contribution in [0.25, 0.3) is 0 Å². The maximum Gasteiger partial charge on any atom is 0.319 e. The van der Waals surface area contributed by atoms with Crippen LogP contribution in [-0.2, 0) is 9.53 Å². The molecule has 0 radical (unpaired) electrons. The van der Waals surface area contributed by atoms with Gasteiger partial charge in [0.1, 0.15) is 0 Å². The molecule has 0 aromatic heterocycles. The molecule has 1 unspecified atom stereocenters. The molecule has 66 valence electrons. The highest BCUT2D eigenvalue weighted by Crippen LogP contribution is 1.85. The zero-order chi connectivity index (χ0) is 8.69. The van der Waals surface area contributed by atoms with Crippen LogP contribution in [0.1, 0.15) is 13.3 Å². The normalized spacial score (nSPS) is 12.6. The van der Waals surface area contributed by atoms with E-state index in [1.54, 1.807) is 6.92 Å². The zero-order valence-corrected chi connectivity index (χ0v) is 6.96. The molecule has 0 bridgehead atoms. The van der Waals surface area contributed by atoms with Gasteiger partial charge in [0, 0.05) is 0 Å². The van der Waals surface area contributed by atoms with Crippen LogP contribution in [0.3, 0.4) is 0 Å². The number of hydrogen-bond donors (Lipinski definition) is 2. The van der Waals surface area contributed by atoms with Crippen molar-refractivity contribution in [2.24, 2.45) is 0 Å². The predicted octanol–water partition coefficient (Wildman–Crippen LogP) is -0.480. The summed E-state index contributed by atoms with van der Waals surface area (Å²) in [7, 11) is 1.35. The van der Waals surface area contributed by atoms with Gasteiger partial charge in [0.2, 0.25) is 0 Å². The summed E-state index contributed by atoms with van der Waals surface area (Å²) in [6.07, 6.45) is 0.330. The lowest BCUT2D eigenvalue weighted by molar-refractivity contribution is -0.139. The van der Waals surface area contributed by atoms with E-state index in [1.165, 1.54) is 7.11 Å². The van der Waals surface area contributed by atoms with Crippen molar-refractivity contribution in [3.8, 4) is 0 Å². The summed E-state index contributed by atoms with van der Waals surface area (Å²) in [6, 6.07) is 0. The van der Waals surface area contributed by atoms with Gasteiger partial charge in [-0.1, -0.05) is 0 Å². The molecular weight excluding hydrogens is 146 g/mol. The summed E-state index contributed by atoms with van der Waals surface area (Å²) < 4.78 is 4.39. The van der Waals surface area contributed by atoms with Gasteiger partial charge in [-0.25, -0.2) is 0 Å². The summed E-state index contributed by atoms with van der Waals surface area (Å²) >= 11 is 0. The highest BCUT2D eigenvalue weighted by atomic mass is 16.5. The van der Waals surface area contributed by atoms with Crippen LogP contribution in [0, 0.1) is 0 Å². The maximum atomic E-state index is 10.5. The van der Waals surface area contributed by atoms with Crippen molar-refractivity contribution >= 4 is 5.97 Å². The van der Waals surface area contributed by atoms with Crippen LogP contribution in [0.15, 0.2) is 0 Å². The van der Waals surface area contributed by atoms with E-state index in [2.05, 4.69) is 10.1 Å². The topological polar surface area (TPSA) is 58.6 Å². The summed E-state index contributed by atoms with van der Waals surface area (Å²) in [6.45, 7) is 2.55. The van der Waals surface area contributed by atoms with E-state index in [9.17, 15) is 4.79 Å². The van der Waals surface area contributed by atoms with E-state index >= 15 is 0 Å². The van der Waals surface area contributed by atoms with Gasteiger partial charge in [-0.05, 0) is 19.9 Å². The molecule has 4 heteroatoms. The third-order valence-corrected chi connectivity index (χ3v) is 1.24. The van der Waals surface area contributed by atoms with E-state index in [-0.39, 0.29) is 18.6 Å². The van der Waals surface area contributed by atoms with Gasteiger partial charge in [0.05, 0.1) is 19.8 Å². The van der Waals surface area contributed by atoms with Crippen molar-refractivity contribution < 1.29 is 14.6 Å². The molecule has 0 spiro atoms. The maximum absolute atomic E-state index is 10.5. The first-order valence-corrected chi connectivity index (χ1v) is 3.62. The number of carbonyl (C=O) groups is 1. The third kappa shape index (κ3) is 7.29. The van der Waals surface area contributed by atoms with Crippen LogP contribution in [-0.4, -0.2) is 37.4 Å². The van der Waals surface area contributed by atoms with Crippen molar-refractivity contribution in [1.29, 1.82) is 0 Å². The Morgan fingerprint density at radius 3 is 2.82 bits per heavy atom. The number of aliphatic hydroxyl groups is 1. The number of aliphatic hydroxyl groups excluding tert-OH is 1. The Morgan fingerprint density at radius 1 is 1.73 bits per heavy atom. The average molecular weight is 161 g/mol. The zero-order valence-electron chi connectivity index (χ0n) is 6.96. The van der Waals surface area contributed by atoms with Crippen LogP contribution in [0.4, 0.5) is 0 Å². The van der Waals surface area contributed by atoms with Gasteiger partial charge >= 0.3 is 5.97 Å². The molecular formula is C7H15NO3. The van der Waals surface area contributed by atoms with Crippen molar-refractivity contribution in [3.05, 3.63) is 0 Å². The fourth-order valence-electron chi connectivity index (χ4n) is 0.574. The molecule has 0 saturated carbocycles. The standard InChI is InChI=1S/C7H15NO3/c1-6(9)3-4-8-5-7(10)11-2/h6,8-9H,3-5H2,1-2H3. The number of hydrogen-bond acceptors (Lipinski definition) is 4. The highest BCUT2D eigenvalue weighted by Gasteiger charge is 1.98. The first-order chi connectivity index (χ1) is 5.16. The van der Waals surface area contributed by atoms with E-state index in [0.717, 1.165) is 0 Å². The molecule has 0 aliphatic carbocycles. The van der Waals surface area contributed by atoms with E-state index in [0.29, 0.717) is 13.0 Å². The van der Waals surface area contributed by atoms with E-state index in [4.69, 9.17) is 5.11 Å². The summed E-state index contributed by atoms with van der Waals surface area (Å²) in [5.41, 5.74) is 0. The monoisotopic (exact) mass is 161 g/mol. The number of carbonyl (C=O) groups excluding carboxylic acids is 1. The number of esters is 1. The number of ether oxygens (including phenoxy) is 1. The Labute approximate surface area is 66.5 Å². The molecule has 0 fully saturated rings. The molecule has 0 aliphatic rings. The Balaban J connectivity index is 3.08. The fourth-order valence-corrected chi connectivity index (χ4v) is 0.574. The fraction of sp³-hybridized carbons (Fsp3) is 0.857. The lowest BCUT2D eigenvalue weighted by atomic mass is 10.3. The average Bonchev–Trinajstić information content (AvgIpc) is 1.97. The minimum Gasteiger partial charge on any atom is -0.468 e. The molecule has 0 saturated heterocycles. The summed E-state index contributed by atoms with van der Waals surface area (Å²) in [5, 5.41) is 11.7. The second-order valence-electron chi connectivity index (χ2n) is 2.39. The lowest BCUT2D eigenvalue weighted by Gasteiger charge is -2.04. The molecule has 11 heavy (non-hydrogen) atoms. The third-order valence-electron chi connectivity index (χ3n) is 1.24. The van der Waals surface area contributed by atoms with E-state index in [1.807, 2.05) is 0 Å². The predicted molar refractivity (Wildman–Crippen MR) is 41.2 cm³/mol. The SMILES string of the molecule is COC(=O)CNCCC(C)O. The minimum absolute atomic E-state index is 0.212. The van der Waals surface area contributed by atoms with Gasteiger partial charge in [0.15, 0.2) is 0 Å². The van der Waals surface area contributed by atoms with Gasteiger partial charge in [0.25, 0.3) is 0 Å². The van der Waals surface area contributed by atoms with Crippen molar-refractivity contribution in [1.82, 2.24) is 5.32 Å².